The fourth-order valence-electron chi connectivity index (χ4n) is 1.12. The Labute approximate surface area is 75.9 Å². The van der Waals surface area contributed by atoms with Gasteiger partial charge in [0.25, 0.3) is 0 Å². The van der Waals surface area contributed by atoms with Crippen LogP contribution in [0.4, 0.5) is 0 Å². The maximum Gasteiger partial charge on any atom is 0.0534 e. The second kappa shape index (κ2) is 3.26. The molecule has 0 aromatic carbocycles. The average molecular weight is 214 g/mol. The Kier molecular flexibility index (Phi) is 2.55. The van der Waals surface area contributed by atoms with Crippen LogP contribution in [0.2, 0.25) is 0 Å². The highest BCUT2D eigenvalue weighted by atomic mass is 79.9. The molecule has 0 aliphatic rings. The van der Waals surface area contributed by atoms with Crippen LogP contribution >= 0.6 is 15.9 Å². The lowest BCUT2D eigenvalue weighted by atomic mass is 10.5. The molecule has 1 aromatic heterocycles. The first-order valence-electron chi connectivity index (χ1n) is 3.57. The van der Waals surface area contributed by atoms with Crippen molar-refractivity contribution in [2.24, 2.45) is 0 Å². The Morgan fingerprint density at radius 2 is 1.91 bits per heavy atom. The highest BCUT2D eigenvalue weighted by Gasteiger charge is 1.99. The van der Waals surface area contributed by atoms with Gasteiger partial charge in [-0.1, -0.05) is 22.5 Å². The number of hydrogen-bond donors (Lipinski definition) is 0. The predicted molar refractivity (Wildman–Crippen MR) is 52.0 cm³/mol. The summed E-state index contributed by atoms with van der Waals surface area (Å²) >= 11 is 3.35. The molecular formula is C9H12BrN. The molecule has 0 fully saturated rings. The second-order valence-electron chi connectivity index (χ2n) is 2.72. The molecule has 0 aliphatic heterocycles. The number of aromatic nitrogens is 1. The second-order valence-corrected chi connectivity index (χ2v) is 3.84. The molecule has 11 heavy (non-hydrogen) atoms. The molecule has 0 bridgehead atoms. The van der Waals surface area contributed by atoms with Crippen molar-refractivity contribution in [3.63, 3.8) is 0 Å². The van der Waals surface area contributed by atoms with Crippen LogP contribution in [0.25, 0.3) is 0 Å². The van der Waals surface area contributed by atoms with Crippen LogP contribution in [0.5, 0.6) is 0 Å². The predicted octanol–water partition coefficient (Wildman–Crippen LogP) is 3.01. The molecule has 0 radical (unpaired) electrons. The van der Waals surface area contributed by atoms with Gasteiger partial charge < -0.3 is 4.57 Å². The number of aryl methyl sites for hydroxylation is 2. The van der Waals surface area contributed by atoms with E-state index in [9.17, 15) is 0 Å². The summed E-state index contributed by atoms with van der Waals surface area (Å²) in [5.41, 5.74) is 2.56. The number of rotatable bonds is 2. The van der Waals surface area contributed by atoms with Crippen molar-refractivity contribution >= 4 is 15.9 Å². The zero-order valence-corrected chi connectivity index (χ0v) is 8.48. The molecule has 0 saturated carbocycles. The van der Waals surface area contributed by atoms with Gasteiger partial charge in [0.15, 0.2) is 0 Å². The molecule has 0 amide bonds. The normalized spacial score (nSPS) is 10.1. The third-order valence-corrected chi connectivity index (χ3v) is 2.00. The zero-order chi connectivity index (χ0) is 8.43. The quantitative estimate of drug-likeness (QED) is 0.713. The molecule has 1 rings (SSSR count). The maximum atomic E-state index is 3.81. The van der Waals surface area contributed by atoms with Gasteiger partial charge >= 0.3 is 0 Å². The summed E-state index contributed by atoms with van der Waals surface area (Å²) in [6, 6.07) is 4.23. The van der Waals surface area contributed by atoms with E-state index in [1.54, 1.807) is 0 Å². The lowest BCUT2D eigenvalue weighted by molar-refractivity contribution is 0.764. The Balaban J connectivity index is 2.92. The minimum Gasteiger partial charge on any atom is -0.344 e. The highest BCUT2D eigenvalue weighted by Crippen LogP contribution is 2.12. The van der Waals surface area contributed by atoms with Crippen LogP contribution in [0.3, 0.4) is 0 Å². The van der Waals surface area contributed by atoms with E-state index in [4.69, 9.17) is 0 Å². The largest absolute Gasteiger partial charge is 0.344 e. The lowest BCUT2D eigenvalue weighted by Crippen LogP contribution is -2.01. The topological polar surface area (TPSA) is 4.93 Å². The van der Waals surface area contributed by atoms with Gasteiger partial charge in [0.05, 0.1) is 6.54 Å². The van der Waals surface area contributed by atoms with Gasteiger partial charge in [-0.15, -0.1) is 0 Å². The number of allylic oxidation sites excluding steroid dienone is 1. The van der Waals surface area contributed by atoms with Crippen molar-refractivity contribution in [2.75, 3.05) is 0 Å². The molecule has 0 saturated heterocycles. The summed E-state index contributed by atoms with van der Waals surface area (Å²) in [5.74, 6) is 0. The van der Waals surface area contributed by atoms with E-state index in [1.165, 1.54) is 11.4 Å². The smallest absolute Gasteiger partial charge is 0.0534 e. The third kappa shape index (κ3) is 1.96. The number of halogens is 1. The van der Waals surface area contributed by atoms with Crippen molar-refractivity contribution in [3.8, 4) is 0 Å². The van der Waals surface area contributed by atoms with E-state index in [1.807, 2.05) is 0 Å². The molecule has 1 nitrogen and oxygen atoms in total. The average Bonchev–Trinajstić information content (AvgIpc) is 2.18. The maximum absolute atomic E-state index is 3.81. The van der Waals surface area contributed by atoms with Crippen LogP contribution < -0.4 is 0 Å². The Hall–Kier alpha value is -0.500. The molecule has 0 atom stereocenters. The van der Waals surface area contributed by atoms with E-state index in [0.29, 0.717) is 0 Å². The third-order valence-electron chi connectivity index (χ3n) is 1.75. The molecule has 0 aliphatic carbocycles. The summed E-state index contributed by atoms with van der Waals surface area (Å²) in [6.45, 7) is 8.87. The minimum absolute atomic E-state index is 0.866. The summed E-state index contributed by atoms with van der Waals surface area (Å²) in [4.78, 5) is 0. The Bertz CT molecular complexity index is 254. The standard InChI is InChI=1S/C9H12BrN/c1-7(10)6-11-8(2)4-5-9(11)3/h4-5H,1,6H2,2-3H3. The van der Waals surface area contributed by atoms with Gasteiger partial charge in [-0.25, -0.2) is 0 Å². The fraction of sp³-hybridized carbons (Fsp3) is 0.333. The van der Waals surface area contributed by atoms with Gasteiger partial charge in [0, 0.05) is 15.9 Å². The summed E-state index contributed by atoms with van der Waals surface area (Å²) in [5, 5.41) is 0. The first-order chi connectivity index (χ1) is 5.11. The first-order valence-corrected chi connectivity index (χ1v) is 4.36. The number of hydrogen-bond acceptors (Lipinski definition) is 0. The van der Waals surface area contributed by atoms with Gasteiger partial charge in [-0.05, 0) is 26.0 Å². The molecule has 1 aromatic rings. The lowest BCUT2D eigenvalue weighted by Gasteiger charge is -2.06. The zero-order valence-electron chi connectivity index (χ0n) is 6.89. The van der Waals surface area contributed by atoms with Crippen LogP contribution in [0.1, 0.15) is 11.4 Å². The molecular weight excluding hydrogens is 202 g/mol. The van der Waals surface area contributed by atoms with Crippen molar-refractivity contribution in [1.82, 2.24) is 4.57 Å². The van der Waals surface area contributed by atoms with Gasteiger partial charge in [0.1, 0.15) is 0 Å². The van der Waals surface area contributed by atoms with E-state index < -0.39 is 0 Å². The molecule has 0 spiro atoms. The molecule has 0 N–H and O–H groups in total. The van der Waals surface area contributed by atoms with E-state index in [0.717, 1.165) is 11.0 Å². The molecule has 0 unspecified atom stereocenters. The summed E-state index contributed by atoms with van der Waals surface area (Å²) < 4.78 is 3.23. The number of nitrogens with zero attached hydrogens (tertiary/aromatic N) is 1. The molecule has 2 heteroatoms. The molecule has 60 valence electrons. The SMILES string of the molecule is C=C(Br)Cn1c(C)ccc1C. The summed E-state index contributed by atoms with van der Waals surface area (Å²) in [7, 11) is 0. The monoisotopic (exact) mass is 213 g/mol. The van der Waals surface area contributed by atoms with Gasteiger partial charge in [0.2, 0.25) is 0 Å². The van der Waals surface area contributed by atoms with Crippen LogP contribution in [-0.4, -0.2) is 4.57 Å². The summed E-state index contributed by atoms with van der Waals surface area (Å²) in [6.07, 6.45) is 0. The van der Waals surface area contributed by atoms with Crippen LogP contribution in [-0.2, 0) is 6.54 Å². The Morgan fingerprint density at radius 3 is 2.27 bits per heavy atom. The van der Waals surface area contributed by atoms with E-state index >= 15 is 0 Å². The minimum atomic E-state index is 0.866. The van der Waals surface area contributed by atoms with Crippen molar-refractivity contribution in [3.05, 3.63) is 34.6 Å². The highest BCUT2D eigenvalue weighted by molar-refractivity contribution is 9.11. The van der Waals surface area contributed by atoms with Gasteiger partial charge in [-0.3, -0.25) is 0 Å². The van der Waals surface area contributed by atoms with Crippen LogP contribution in [0.15, 0.2) is 23.2 Å². The van der Waals surface area contributed by atoms with E-state index in [-0.39, 0.29) is 0 Å². The van der Waals surface area contributed by atoms with Crippen molar-refractivity contribution < 1.29 is 0 Å². The van der Waals surface area contributed by atoms with Gasteiger partial charge in [-0.2, -0.15) is 0 Å². The fourth-order valence-corrected chi connectivity index (χ4v) is 1.37. The first kappa shape index (κ1) is 8.60. The van der Waals surface area contributed by atoms with Crippen molar-refractivity contribution in [1.29, 1.82) is 0 Å². The van der Waals surface area contributed by atoms with E-state index in [2.05, 4.69) is 53.1 Å². The Morgan fingerprint density at radius 1 is 1.45 bits per heavy atom. The van der Waals surface area contributed by atoms with Crippen LogP contribution in [0, 0.1) is 13.8 Å². The van der Waals surface area contributed by atoms with Crippen molar-refractivity contribution in [2.45, 2.75) is 20.4 Å². The molecule has 1 heterocycles.